The average Bonchev–Trinajstić information content (AvgIpc) is 2.50. The van der Waals surface area contributed by atoms with Crippen LogP contribution in [0.3, 0.4) is 0 Å². The van der Waals surface area contributed by atoms with E-state index in [2.05, 4.69) is 26.0 Å². The van der Waals surface area contributed by atoms with Crippen molar-refractivity contribution >= 4 is 45.1 Å². The van der Waals surface area contributed by atoms with Gasteiger partial charge in [0.25, 0.3) is 5.91 Å². The Morgan fingerprint density at radius 3 is 2.64 bits per heavy atom. The standard InChI is InChI=1S/C15H10BrClFNO3/c1-22-15(21)8-2-4-11(17)13(6-8)19-14(20)10-7-9(16)3-5-12(10)18/h2-7H,1H3,(H,19,20). The summed E-state index contributed by atoms with van der Waals surface area (Å²) in [5.41, 5.74) is 0.264. The molecule has 7 heteroatoms. The summed E-state index contributed by atoms with van der Waals surface area (Å²) in [4.78, 5) is 23.6. The number of ether oxygens (including phenoxy) is 1. The van der Waals surface area contributed by atoms with Crippen molar-refractivity contribution in [1.82, 2.24) is 0 Å². The molecule has 1 N–H and O–H groups in total. The summed E-state index contributed by atoms with van der Waals surface area (Å²) in [5, 5.41) is 2.69. The van der Waals surface area contributed by atoms with Crippen molar-refractivity contribution in [3.8, 4) is 0 Å². The van der Waals surface area contributed by atoms with E-state index in [9.17, 15) is 14.0 Å². The quantitative estimate of drug-likeness (QED) is 0.801. The summed E-state index contributed by atoms with van der Waals surface area (Å²) in [6.07, 6.45) is 0. The lowest BCUT2D eigenvalue weighted by Crippen LogP contribution is -2.14. The number of carbonyl (C=O) groups excluding carboxylic acids is 2. The van der Waals surface area contributed by atoms with E-state index in [1.54, 1.807) is 0 Å². The van der Waals surface area contributed by atoms with Gasteiger partial charge in [-0.25, -0.2) is 9.18 Å². The van der Waals surface area contributed by atoms with Crippen LogP contribution in [0.5, 0.6) is 0 Å². The van der Waals surface area contributed by atoms with Gasteiger partial charge in [-0.3, -0.25) is 4.79 Å². The van der Waals surface area contributed by atoms with E-state index >= 15 is 0 Å². The molecule has 0 unspecified atom stereocenters. The number of esters is 1. The molecule has 0 spiro atoms. The van der Waals surface area contributed by atoms with Crippen LogP contribution in [0.1, 0.15) is 20.7 Å². The van der Waals surface area contributed by atoms with E-state index < -0.39 is 17.7 Å². The topological polar surface area (TPSA) is 55.4 Å². The molecule has 0 aliphatic rings. The lowest BCUT2D eigenvalue weighted by atomic mass is 10.1. The Hall–Kier alpha value is -1.92. The van der Waals surface area contributed by atoms with E-state index in [1.165, 1.54) is 43.5 Å². The van der Waals surface area contributed by atoms with Gasteiger partial charge in [-0.1, -0.05) is 27.5 Å². The third-order valence-corrected chi connectivity index (χ3v) is 3.63. The number of anilines is 1. The van der Waals surface area contributed by atoms with Crippen LogP contribution in [0.25, 0.3) is 0 Å². The second-order valence-electron chi connectivity index (χ2n) is 4.26. The maximum atomic E-state index is 13.7. The maximum absolute atomic E-state index is 13.7. The summed E-state index contributed by atoms with van der Waals surface area (Å²) in [7, 11) is 1.24. The number of hydrogen-bond acceptors (Lipinski definition) is 3. The van der Waals surface area contributed by atoms with Gasteiger partial charge in [-0.05, 0) is 36.4 Å². The predicted octanol–water partition coefficient (Wildman–Crippen LogP) is 4.28. The molecule has 0 aliphatic carbocycles. The maximum Gasteiger partial charge on any atom is 0.337 e. The van der Waals surface area contributed by atoms with Crippen molar-refractivity contribution < 1.29 is 18.7 Å². The second kappa shape index (κ2) is 6.89. The van der Waals surface area contributed by atoms with Crippen LogP contribution in [0.2, 0.25) is 5.02 Å². The molecule has 4 nitrogen and oxygen atoms in total. The summed E-state index contributed by atoms with van der Waals surface area (Å²) in [6.45, 7) is 0. The fraction of sp³-hybridized carbons (Fsp3) is 0.0667. The first-order valence-electron chi connectivity index (χ1n) is 6.06. The number of rotatable bonds is 3. The normalized spacial score (nSPS) is 10.2. The van der Waals surface area contributed by atoms with E-state index in [1.807, 2.05) is 0 Å². The SMILES string of the molecule is COC(=O)c1ccc(Cl)c(NC(=O)c2cc(Br)ccc2F)c1. The fourth-order valence-electron chi connectivity index (χ4n) is 1.73. The molecule has 0 saturated carbocycles. The van der Waals surface area contributed by atoms with Crippen molar-refractivity contribution in [3.05, 3.63) is 62.8 Å². The highest BCUT2D eigenvalue weighted by molar-refractivity contribution is 9.10. The Morgan fingerprint density at radius 2 is 1.95 bits per heavy atom. The molecule has 2 aromatic rings. The van der Waals surface area contributed by atoms with Crippen molar-refractivity contribution in [2.75, 3.05) is 12.4 Å². The van der Waals surface area contributed by atoms with Crippen molar-refractivity contribution in [3.63, 3.8) is 0 Å². The molecule has 0 aliphatic heterocycles. The zero-order valence-corrected chi connectivity index (χ0v) is 13.7. The molecular weight excluding hydrogens is 377 g/mol. The summed E-state index contributed by atoms with van der Waals surface area (Å²) >= 11 is 9.15. The van der Waals surface area contributed by atoms with Crippen LogP contribution < -0.4 is 5.32 Å². The van der Waals surface area contributed by atoms with Gasteiger partial charge in [0.2, 0.25) is 0 Å². The first-order valence-corrected chi connectivity index (χ1v) is 7.23. The van der Waals surface area contributed by atoms with Crippen LogP contribution in [0, 0.1) is 5.82 Å². The molecule has 0 bridgehead atoms. The van der Waals surface area contributed by atoms with Crippen LogP contribution >= 0.6 is 27.5 Å². The van der Waals surface area contributed by atoms with Gasteiger partial charge in [0, 0.05) is 4.47 Å². The molecule has 0 heterocycles. The molecule has 2 rings (SSSR count). The van der Waals surface area contributed by atoms with Gasteiger partial charge >= 0.3 is 5.97 Å². The number of nitrogens with one attached hydrogen (secondary N) is 1. The minimum Gasteiger partial charge on any atom is -0.465 e. The monoisotopic (exact) mass is 385 g/mol. The Kier molecular flexibility index (Phi) is 5.15. The molecule has 0 fully saturated rings. The molecular formula is C15H10BrClFNO3. The number of hydrogen-bond donors (Lipinski definition) is 1. The molecule has 0 aromatic heterocycles. The van der Waals surface area contributed by atoms with E-state index in [-0.39, 0.29) is 21.8 Å². The zero-order valence-electron chi connectivity index (χ0n) is 11.3. The highest BCUT2D eigenvalue weighted by Gasteiger charge is 2.15. The molecule has 0 atom stereocenters. The number of benzene rings is 2. The smallest absolute Gasteiger partial charge is 0.337 e. The second-order valence-corrected chi connectivity index (χ2v) is 5.59. The molecule has 0 radical (unpaired) electrons. The Labute approximate surface area is 139 Å². The number of halogens is 3. The Balaban J connectivity index is 2.32. The number of amides is 1. The third kappa shape index (κ3) is 3.64. The van der Waals surface area contributed by atoms with Crippen molar-refractivity contribution in [2.24, 2.45) is 0 Å². The molecule has 0 saturated heterocycles. The minimum atomic E-state index is -0.678. The summed E-state index contributed by atoms with van der Waals surface area (Å²) in [5.74, 6) is -1.91. The minimum absolute atomic E-state index is 0.145. The largest absolute Gasteiger partial charge is 0.465 e. The first-order chi connectivity index (χ1) is 10.4. The zero-order chi connectivity index (χ0) is 16.3. The summed E-state index contributed by atoms with van der Waals surface area (Å²) in [6, 6.07) is 8.28. The fourth-order valence-corrected chi connectivity index (χ4v) is 2.25. The van der Waals surface area contributed by atoms with Crippen molar-refractivity contribution in [1.29, 1.82) is 0 Å². The van der Waals surface area contributed by atoms with Crippen molar-refractivity contribution in [2.45, 2.75) is 0 Å². The lowest BCUT2D eigenvalue weighted by molar-refractivity contribution is 0.0600. The highest BCUT2D eigenvalue weighted by atomic mass is 79.9. The van der Waals surface area contributed by atoms with E-state index in [4.69, 9.17) is 11.6 Å². The van der Waals surface area contributed by atoms with Gasteiger partial charge in [0.05, 0.1) is 28.9 Å². The Bertz CT molecular complexity index is 752. The molecule has 22 heavy (non-hydrogen) atoms. The van der Waals surface area contributed by atoms with Gasteiger partial charge < -0.3 is 10.1 Å². The number of carbonyl (C=O) groups is 2. The molecule has 114 valence electrons. The van der Waals surface area contributed by atoms with Gasteiger partial charge in [-0.2, -0.15) is 0 Å². The van der Waals surface area contributed by atoms with Gasteiger partial charge in [-0.15, -0.1) is 0 Å². The van der Waals surface area contributed by atoms with Crippen LogP contribution in [-0.4, -0.2) is 19.0 Å². The van der Waals surface area contributed by atoms with E-state index in [0.717, 1.165) is 0 Å². The average molecular weight is 387 g/mol. The third-order valence-electron chi connectivity index (χ3n) is 2.81. The van der Waals surface area contributed by atoms with Crippen LogP contribution in [0.4, 0.5) is 10.1 Å². The van der Waals surface area contributed by atoms with Crippen LogP contribution in [-0.2, 0) is 4.74 Å². The van der Waals surface area contributed by atoms with Gasteiger partial charge in [0.1, 0.15) is 5.82 Å². The Morgan fingerprint density at radius 1 is 1.23 bits per heavy atom. The van der Waals surface area contributed by atoms with Crippen LogP contribution in [0.15, 0.2) is 40.9 Å². The first kappa shape index (κ1) is 16.5. The molecule has 2 aromatic carbocycles. The van der Waals surface area contributed by atoms with E-state index in [0.29, 0.717) is 4.47 Å². The molecule has 1 amide bonds. The predicted molar refractivity (Wildman–Crippen MR) is 84.8 cm³/mol. The highest BCUT2D eigenvalue weighted by Crippen LogP contribution is 2.25. The summed E-state index contributed by atoms with van der Waals surface area (Å²) < 4.78 is 18.9. The van der Waals surface area contributed by atoms with Gasteiger partial charge in [0.15, 0.2) is 0 Å². The lowest BCUT2D eigenvalue weighted by Gasteiger charge is -2.09. The number of methoxy groups -OCH3 is 1.